The molecule has 5 heteroatoms. The lowest BCUT2D eigenvalue weighted by Gasteiger charge is -2.33. The average Bonchev–Trinajstić information content (AvgIpc) is 2.42. The van der Waals surface area contributed by atoms with Crippen LogP contribution in [0, 0.1) is 23.0 Å². The molecule has 1 fully saturated rings. The van der Waals surface area contributed by atoms with Crippen LogP contribution in [-0.2, 0) is 4.74 Å². The summed E-state index contributed by atoms with van der Waals surface area (Å²) < 4.78 is 32.6. The molecule has 3 nitrogen and oxygen atoms in total. The van der Waals surface area contributed by atoms with Crippen LogP contribution in [0.25, 0.3) is 0 Å². The Morgan fingerprint density at radius 2 is 2.17 bits per heavy atom. The van der Waals surface area contributed by atoms with E-state index in [1.54, 1.807) is 18.1 Å². The van der Waals surface area contributed by atoms with Crippen molar-refractivity contribution in [3.63, 3.8) is 0 Å². The van der Waals surface area contributed by atoms with Gasteiger partial charge >= 0.3 is 0 Å². The molecule has 2 rings (SSSR count). The third kappa shape index (κ3) is 2.29. The van der Waals surface area contributed by atoms with Crippen LogP contribution in [0.3, 0.4) is 0 Å². The molecule has 0 spiro atoms. The summed E-state index contributed by atoms with van der Waals surface area (Å²) in [4.78, 5) is 1.76. The first-order chi connectivity index (χ1) is 8.67. The lowest BCUT2D eigenvalue weighted by Crippen LogP contribution is -2.39. The first-order valence-corrected chi connectivity index (χ1v) is 5.83. The van der Waals surface area contributed by atoms with Crippen LogP contribution >= 0.6 is 0 Å². The third-order valence-corrected chi connectivity index (χ3v) is 3.23. The lowest BCUT2D eigenvalue weighted by molar-refractivity contribution is 0.0891. The van der Waals surface area contributed by atoms with Crippen molar-refractivity contribution in [3.05, 3.63) is 29.3 Å². The van der Waals surface area contributed by atoms with Crippen molar-refractivity contribution in [1.82, 2.24) is 0 Å². The van der Waals surface area contributed by atoms with Gasteiger partial charge in [-0.1, -0.05) is 0 Å². The maximum absolute atomic E-state index is 13.9. The molecular formula is C13H14F2N2O. The summed E-state index contributed by atoms with van der Waals surface area (Å²) in [5.74, 6) is -2.03. The first kappa shape index (κ1) is 12.8. The number of nitriles is 1. The van der Waals surface area contributed by atoms with E-state index in [-0.39, 0.29) is 17.4 Å². The van der Waals surface area contributed by atoms with Crippen molar-refractivity contribution >= 4 is 5.69 Å². The van der Waals surface area contributed by atoms with E-state index in [2.05, 4.69) is 0 Å². The van der Waals surface area contributed by atoms with E-state index >= 15 is 0 Å². The van der Waals surface area contributed by atoms with Gasteiger partial charge < -0.3 is 9.64 Å². The van der Waals surface area contributed by atoms with Crippen LogP contribution in [0.4, 0.5) is 14.5 Å². The Kier molecular flexibility index (Phi) is 3.78. The molecule has 96 valence electrons. The first-order valence-electron chi connectivity index (χ1n) is 5.83. The zero-order chi connectivity index (χ0) is 13.1. The highest BCUT2D eigenvalue weighted by molar-refractivity contribution is 5.52. The van der Waals surface area contributed by atoms with Gasteiger partial charge in [0.05, 0.1) is 17.4 Å². The minimum Gasteiger partial charge on any atom is -0.380 e. The van der Waals surface area contributed by atoms with E-state index in [1.807, 2.05) is 0 Å². The van der Waals surface area contributed by atoms with Crippen LogP contribution in [0.2, 0.25) is 0 Å². The Bertz CT molecular complexity index is 485. The maximum atomic E-state index is 13.9. The SMILES string of the molecule is COC1CCCN(c2ccc(C#N)c(F)c2F)C1. The number of methoxy groups -OCH3 is 1. The fourth-order valence-electron chi connectivity index (χ4n) is 2.22. The highest BCUT2D eigenvalue weighted by Gasteiger charge is 2.24. The summed E-state index contributed by atoms with van der Waals surface area (Å²) in [5.41, 5.74) is -0.0650. The standard InChI is InChI=1S/C13H14F2N2O/c1-18-10-3-2-6-17(8-10)11-5-4-9(7-16)12(14)13(11)15/h4-5,10H,2-3,6,8H2,1H3. The van der Waals surface area contributed by atoms with Crippen LogP contribution in [0.1, 0.15) is 18.4 Å². The summed E-state index contributed by atoms with van der Waals surface area (Å²) in [6, 6.07) is 4.39. The second kappa shape index (κ2) is 5.32. The largest absolute Gasteiger partial charge is 0.380 e. The minimum absolute atomic E-state index is 0.0388. The number of ether oxygens (including phenoxy) is 1. The fourth-order valence-corrected chi connectivity index (χ4v) is 2.22. The van der Waals surface area contributed by atoms with Gasteiger partial charge in [-0.15, -0.1) is 0 Å². The molecule has 0 aliphatic carbocycles. The Hall–Kier alpha value is -1.67. The maximum Gasteiger partial charge on any atom is 0.183 e. The molecule has 0 bridgehead atoms. The predicted octanol–water partition coefficient (Wildman–Crippen LogP) is 2.45. The van der Waals surface area contributed by atoms with Gasteiger partial charge in [0.2, 0.25) is 0 Å². The van der Waals surface area contributed by atoms with Crippen molar-refractivity contribution in [2.24, 2.45) is 0 Å². The topological polar surface area (TPSA) is 36.3 Å². The summed E-state index contributed by atoms with van der Waals surface area (Å²) in [6.07, 6.45) is 1.84. The fraction of sp³-hybridized carbons (Fsp3) is 0.462. The van der Waals surface area contributed by atoms with Gasteiger partial charge in [0, 0.05) is 20.2 Å². The second-order valence-corrected chi connectivity index (χ2v) is 4.32. The Balaban J connectivity index is 2.29. The number of hydrogen-bond donors (Lipinski definition) is 0. The average molecular weight is 252 g/mol. The smallest absolute Gasteiger partial charge is 0.183 e. The molecule has 0 aromatic heterocycles. The van der Waals surface area contributed by atoms with E-state index in [0.29, 0.717) is 13.1 Å². The number of piperidine rings is 1. The monoisotopic (exact) mass is 252 g/mol. The van der Waals surface area contributed by atoms with Gasteiger partial charge in [-0.2, -0.15) is 5.26 Å². The molecule has 1 atom stereocenters. The lowest BCUT2D eigenvalue weighted by atomic mass is 10.1. The molecule has 1 aromatic rings. The van der Waals surface area contributed by atoms with Crippen LogP contribution in [0.5, 0.6) is 0 Å². The molecule has 1 aliphatic rings. The number of nitrogens with zero attached hydrogens (tertiary/aromatic N) is 2. The number of hydrogen-bond acceptors (Lipinski definition) is 3. The second-order valence-electron chi connectivity index (χ2n) is 4.32. The van der Waals surface area contributed by atoms with Crippen LogP contribution in [0.15, 0.2) is 12.1 Å². The van der Waals surface area contributed by atoms with Crippen molar-refractivity contribution in [3.8, 4) is 6.07 Å². The third-order valence-electron chi connectivity index (χ3n) is 3.23. The highest BCUT2D eigenvalue weighted by atomic mass is 19.2. The summed E-state index contributed by atoms with van der Waals surface area (Å²) in [6.45, 7) is 1.21. The van der Waals surface area contributed by atoms with Crippen molar-refractivity contribution in [2.75, 3.05) is 25.1 Å². The van der Waals surface area contributed by atoms with E-state index in [1.165, 1.54) is 12.1 Å². The molecule has 18 heavy (non-hydrogen) atoms. The molecule has 1 unspecified atom stereocenters. The Labute approximate surface area is 105 Å². The molecule has 0 amide bonds. The van der Waals surface area contributed by atoms with E-state index in [4.69, 9.17) is 10.00 Å². The van der Waals surface area contributed by atoms with Gasteiger partial charge in [0.1, 0.15) is 6.07 Å². The van der Waals surface area contributed by atoms with Crippen molar-refractivity contribution in [1.29, 1.82) is 5.26 Å². The van der Waals surface area contributed by atoms with Crippen molar-refractivity contribution in [2.45, 2.75) is 18.9 Å². The van der Waals surface area contributed by atoms with Gasteiger partial charge in [0.15, 0.2) is 11.6 Å². The highest BCUT2D eigenvalue weighted by Crippen LogP contribution is 2.27. The molecule has 1 heterocycles. The number of anilines is 1. The molecule has 1 aromatic carbocycles. The van der Waals surface area contributed by atoms with Gasteiger partial charge in [-0.25, -0.2) is 8.78 Å². The molecule has 0 N–H and O–H groups in total. The minimum atomic E-state index is -1.07. The molecule has 0 radical (unpaired) electrons. The summed E-state index contributed by atoms with van der Waals surface area (Å²) in [7, 11) is 1.61. The Morgan fingerprint density at radius 3 is 2.83 bits per heavy atom. The van der Waals surface area contributed by atoms with Gasteiger partial charge in [-0.3, -0.25) is 0 Å². The zero-order valence-corrected chi connectivity index (χ0v) is 10.1. The number of benzene rings is 1. The van der Waals surface area contributed by atoms with Gasteiger partial charge in [0.25, 0.3) is 0 Å². The van der Waals surface area contributed by atoms with Crippen LogP contribution < -0.4 is 4.90 Å². The van der Waals surface area contributed by atoms with Crippen molar-refractivity contribution < 1.29 is 13.5 Å². The zero-order valence-electron chi connectivity index (χ0n) is 10.1. The van der Waals surface area contributed by atoms with E-state index < -0.39 is 11.6 Å². The van der Waals surface area contributed by atoms with E-state index in [0.717, 1.165) is 12.8 Å². The quantitative estimate of drug-likeness (QED) is 0.811. The molecule has 0 saturated carbocycles. The van der Waals surface area contributed by atoms with Gasteiger partial charge in [-0.05, 0) is 25.0 Å². The molecular weight excluding hydrogens is 238 g/mol. The predicted molar refractivity (Wildman–Crippen MR) is 63.3 cm³/mol. The summed E-state index contributed by atoms with van der Waals surface area (Å²) >= 11 is 0. The number of halogens is 2. The van der Waals surface area contributed by atoms with E-state index in [9.17, 15) is 8.78 Å². The Morgan fingerprint density at radius 1 is 1.39 bits per heavy atom. The van der Waals surface area contributed by atoms with Crippen LogP contribution in [-0.4, -0.2) is 26.3 Å². The molecule has 1 aliphatic heterocycles. The molecule has 1 saturated heterocycles. The normalized spacial score (nSPS) is 19.7. The summed E-state index contributed by atoms with van der Waals surface area (Å²) in [5, 5.41) is 8.63. The number of rotatable bonds is 2.